The van der Waals surface area contributed by atoms with Crippen LogP contribution in [-0.4, -0.2) is 23.7 Å². The van der Waals surface area contributed by atoms with Crippen LogP contribution in [0.3, 0.4) is 0 Å². The van der Waals surface area contributed by atoms with Gasteiger partial charge in [-0.15, -0.1) is 0 Å². The minimum Gasteiger partial charge on any atom is -0.465 e. The summed E-state index contributed by atoms with van der Waals surface area (Å²) in [7, 11) is 1.03. The number of methoxy groups -OCH3 is 1. The molecule has 0 aliphatic rings. The molecule has 1 N–H and O–H groups in total. The molecule has 19 heavy (non-hydrogen) atoms. The molecule has 0 saturated heterocycles. The van der Waals surface area contributed by atoms with Crippen LogP contribution in [-0.2, 0) is 11.3 Å². The molecule has 0 amide bonds. The van der Waals surface area contributed by atoms with Crippen LogP contribution < -0.4 is 0 Å². The van der Waals surface area contributed by atoms with Crippen LogP contribution in [0.5, 0.6) is 0 Å². The minimum absolute atomic E-state index is 0.123. The smallest absolute Gasteiger partial charge is 0.446 e. The lowest BCUT2D eigenvalue weighted by molar-refractivity contribution is -0.0328. The summed E-state index contributed by atoms with van der Waals surface area (Å²) in [5.74, 6) is -0.967. The number of rotatable bonds is 3. The predicted molar refractivity (Wildman–Crippen MR) is 60.3 cm³/mol. The maximum absolute atomic E-state index is 12.5. The van der Waals surface area contributed by atoms with Crippen molar-refractivity contribution in [2.75, 3.05) is 7.11 Å². The predicted octanol–water partition coefficient (Wildman–Crippen LogP) is 2.45. The Labute approximate surface area is 110 Å². The third-order valence-electron chi connectivity index (χ3n) is 2.16. The summed E-state index contributed by atoms with van der Waals surface area (Å²) in [6.07, 6.45) is 0. The van der Waals surface area contributed by atoms with Gasteiger partial charge in [-0.2, -0.15) is 18.4 Å². The van der Waals surface area contributed by atoms with Crippen molar-refractivity contribution in [3.8, 4) is 6.07 Å². The Hall–Kier alpha value is -1.72. The fourth-order valence-electron chi connectivity index (χ4n) is 1.39. The summed E-state index contributed by atoms with van der Waals surface area (Å²) in [6.45, 7) is -0.786. The van der Waals surface area contributed by atoms with E-state index in [9.17, 15) is 18.0 Å². The van der Waals surface area contributed by atoms with Gasteiger partial charge in [0.1, 0.15) is 0 Å². The summed E-state index contributed by atoms with van der Waals surface area (Å²) in [4.78, 5) is 10.9. The lowest BCUT2D eigenvalue weighted by atomic mass is 10.1. The van der Waals surface area contributed by atoms with Crippen molar-refractivity contribution in [1.29, 1.82) is 5.26 Å². The van der Waals surface area contributed by atoms with Gasteiger partial charge < -0.3 is 9.84 Å². The van der Waals surface area contributed by atoms with Crippen LogP contribution in [0.2, 0.25) is 0 Å². The molecule has 0 fully saturated rings. The Bertz CT molecular complexity index is 537. The molecule has 1 aromatic carbocycles. The van der Waals surface area contributed by atoms with E-state index in [0.29, 0.717) is 0 Å². The average Bonchev–Trinajstić information content (AvgIpc) is 2.35. The highest BCUT2D eigenvalue weighted by Gasteiger charge is 2.33. The first-order valence-corrected chi connectivity index (χ1v) is 5.66. The van der Waals surface area contributed by atoms with E-state index in [-0.39, 0.29) is 16.7 Å². The molecule has 4 nitrogen and oxygen atoms in total. The van der Waals surface area contributed by atoms with Crippen molar-refractivity contribution in [2.24, 2.45) is 0 Å². The fraction of sp³-hybridized carbons (Fsp3) is 0.273. The fourth-order valence-corrected chi connectivity index (χ4v) is 2.18. The Balaban J connectivity index is 3.49. The highest BCUT2D eigenvalue weighted by molar-refractivity contribution is 8.00. The molecule has 1 rings (SSSR count). The van der Waals surface area contributed by atoms with E-state index in [1.165, 1.54) is 0 Å². The summed E-state index contributed by atoms with van der Waals surface area (Å²) in [6, 6.07) is 3.90. The van der Waals surface area contributed by atoms with E-state index in [2.05, 4.69) is 4.74 Å². The number of alkyl halides is 3. The summed E-state index contributed by atoms with van der Waals surface area (Å²) in [5.41, 5.74) is -5.36. The van der Waals surface area contributed by atoms with Crippen molar-refractivity contribution in [1.82, 2.24) is 0 Å². The van der Waals surface area contributed by atoms with Gasteiger partial charge in [-0.25, -0.2) is 4.79 Å². The van der Waals surface area contributed by atoms with E-state index < -0.39 is 34.7 Å². The first-order valence-electron chi connectivity index (χ1n) is 4.85. The molecule has 0 radical (unpaired) electrons. The van der Waals surface area contributed by atoms with Crippen LogP contribution in [0.25, 0.3) is 0 Å². The average molecular weight is 291 g/mol. The topological polar surface area (TPSA) is 70.3 Å². The van der Waals surface area contributed by atoms with Gasteiger partial charge in [0.25, 0.3) is 0 Å². The largest absolute Gasteiger partial charge is 0.465 e. The van der Waals surface area contributed by atoms with Gasteiger partial charge in [-0.1, -0.05) is 0 Å². The quantitative estimate of drug-likeness (QED) is 0.684. The highest BCUT2D eigenvalue weighted by Crippen LogP contribution is 2.41. The first-order chi connectivity index (χ1) is 8.84. The van der Waals surface area contributed by atoms with Crippen molar-refractivity contribution in [3.63, 3.8) is 0 Å². The van der Waals surface area contributed by atoms with Gasteiger partial charge in [0, 0.05) is 10.5 Å². The van der Waals surface area contributed by atoms with Gasteiger partial charge in [0.2, 0.25) is 0 Å². The third-order valence-corrected chi connectivity index (χ3v) is 3.06. The lowest BCUT2D eigenvalue weighted by Gasteiger charge is -2.14. The van der Waals surface area contributed by atoms with E-state index in [1.54, 1.807) is 6.07 Å². The molecular weight excluding hydrogens is 283 g/mol. The molecule has 0 aliphatic carbocycles. The molecule has 0 unspecified atom stereocenters. The van der Waals surface area contributed by atoms with Crippen LogP contribution in [0.4, 0.5) is 13.2 Å². The number of carbonyl (C=O) groups is 1. The number of ether oxygens (including phenoxy) is 1. The zero-order valence-electron chi connectivity index (χ0n) is 9.61. The Kier molecular flexibility index (Phi) is 4.80. The second-order valence-corrected chi connectivity index (χ2v) is 4.35. The summed E-state index contributed by atoms with van der Waals surface area (Å²) < 4.78 is 41.8. The van der Waals surface area contributed by atoms with Crippen LogP contribution in [0, 0.1) is 11.3 Å². The number of aliphatic hydroxyl groups excluding tert-OH is 1. The normalized spacial score (nSPS) is 10.9. The number of hydrogen-bond donors (Lipinski definition) is 1. The van der Waals surface area contributed by atoms with E-state index in [0.717, 1.165) is 19.2 Å². The number of hydrogen-bond acceptors (Lipinski definition) is 5. The lowest BCUT2D eigenvalue weighted by Crippen LogP contribution is -2.10. The molecule has 1 aromatic rings. The van der Waals surface area contributed by atoms with E-state index in [1.807, 2.05) is 0 Å². The molecule has 0 aromatic heterocycles. The van der Waals surface area contributed by atoms with E-state index >= 15 is 0 Å². The monoisotopic (exact) mass is 291 g/mol. The van der Waals surface area contributed by atoms with Crippen LogP contribution in [0.1, 0.15) is 21.5 Å². The number of esters is 1. The molecule has 0 spiro atoms. The summed E-state index contributed by atoms with van der Waals surface area (Å²) in [5, 5.41) is 17.9. The Morgan fingerprint density at radius 2 is 2.16 bits per heavy atom. The van der Waals surface area contributed by atoms with Gasteiger partial charge in [0.05, 0.1) is 30.9 Å². The van der Waals surface area contributed by atoms with Crippen molar-refractivity contribution < 1.29 is 27.8 Å². The maximum Gasteiger partial charge on any atom is 0.446 e. The van der Waals surface area contributed by atoms with Crippen molar-refractivity contribution in [2.45, 2.75) is 17.0 Å². The molecule has 102 valence electrons. The van der Waals surface area contributed by atoms with Crippen molar-refractivity contribution in [3.05, 3.63) is 28.8 Å². The van der Waals surface area contributed by atoms with Crippen LogP contribution in [0.15, 0.2) is 17.0 Å². The van der Waals surface area contributed by atoms with Gasteiger partial charge in [-0.3, -0.25) is 0 Å². The maximum atomic E-state index is 12.5. The number of nitrogens with zero attached hydrogens (tertiary/aromatic N) is 1. The third kappa shape index (κ3) is 3.62. The van der Waals surface area contributed by atoms with Gasteiger partial charge >= 0.3 is 11.5 Å². The van der Waals surface area contributed by atoms with Crippen molar-refractivity contribution >= 4 is 17.7 Å². The first kappa shape index (κ1) is 15.3. The second-order valence-electron chi connectivity index (χ2n) is 3.28. The second kappa shape index (κ2) is 5.95. The molecule has 0 bridgehead atoms. The molecule has 0 saturated carbocycles. The Morgan fingerprint density at radius 3 is 2.58 bits per heavy atom. The highest BCUT2D eigenvalue weighted by atomic mass is 32.2. The van der Waals surface area contributed by atoms with Gasteiger partial charge in [-0.05, 0) is 23.9 Å². The number of thioether (sulfide) groups is 1. The number of nitriles is 1. The minimum atomic E-state index is -4.65. The van der Waals surface area contributed by atoms with E-state index in [4.69, 9.17) is 10.4 Å². The molecule has 0 atom stereocenters. The molecule has 0 heterocycles. The molecular formula is C11H8F3NO3S. The summed E-state index contributed by atoms with van der Waals surface area (Å²) >= 11 is -0.560. The number of carbonyl (C=O) groups excluding carboxylic acids is 1. The standard InChI is InChI=1S/C11H8F3NO3S/c1-18-10(17)7-3-2-6(4-15)8(5-16)9(7)19-11(12,13)14/h2-3,16H,5H2,1H3. The molecule has 0 aliphatic heterocycles. The zero-order chi connectivity index (χ0) is 14.6. The SMILES string of the molecule is COC(=O)c1ccc(C#N)c(CO)c1SC(F)(F)F. The van der Waals surface area contributed by atoms with Crippen LogP contribution >= 0.6 is 11.8 Å². The number of benzene rings is 1. The number of halogens is 3. The Morgan fingerprint density at radius 1 is 1.53 bits per heavy atom. The van der Waals surface area contributed by atoms with Gasteiger partial charge in [0.15, 0.2) is 0 Å². The zero-order valence-corrected chi connectivity index (χ0v) is 10.4. The number of aliphatic hydroxyl groups is 1. The molecule has 8 heteroatoms.